The monoisotopic (exact) mass is 437 g/mol. The van der Waals surface area contributed by atoms with Gasteiger partial charge in [-0.15, -0.1) is 0 Å². The molecule has 1 atom stereocenters. The van der Waals surface area contributed by atoms with Gasteiger partial charge in [0.2, 0.25) is 0 Å². The van der Waals surface area contributed by atoms with Crippen molar-refractivity contribution in [3.05, 3.63) is 28.2 Å². The van der Waals surface area contributed by atoms with Crippen LogP contribution >= 0.6 is 23.2 Å². The zero-order valence-electron chi connectivity index (χ0n) is 15.7. The average molecular weight is 438 g/mol. The Morgan fingerprint density at radius 2 is 1.78 bits per heavy atom. The molecule has 1 saturated heterocycles. The molecule has 0 saturated carbocycles. The van der Waals surface area contributed by atoms with Gasteiger partial charge < -0.3 is 9.64 Å². The van der Waals surface area contributed by atoms with Crippen LogP contribution in [-0.2, 0) is 15.0 Å². The van der Waals surface area contributed by atoms with Crippen LogP contribution in [0, 0.1) is 0 Å². The maximum absolute atomic E-state index is 12.6. The number of amides is 1. The molecule has 10 heteroatoms. The van der Waals surface area contributed by atoms with Crippen LogP contribution in [0.2, 0.25) is 10.0 Å². The number of carbonyl (C=O) groups excluding carboxylic acids is 1. The van der Waals surface area contributed by atoms with Gasteiger partial charge in [-0.1, -0.05) is 43.1 Å². The molecule has 152 valence electrons. The minimum Gasteiger partial charge on any atom is -0.479 e. The Morgan fingerprint density at radius 3 is 2.33 bits per heavy atom. The van der Waals surface area contributed by atoms with Crippen LogP contribution in [0.4, 0.5) is 0 Å². The second-order valence-electron chi connectivity index (χ2n) is 6.13. The number of carbonyl (C=O) groups is 1. The Morgan fingerprint density at radius 1 is 1.19 bits per heavy atom. The average Bonchev–Trinajstić information content (AvgIpc) is 2.65. The molecule has 7 nitrogen and oxygen atoms in total. The van der Waals surface area contributed by atoms with E-state index >= 15 is 0 Å². The van der Waals surface area contributed by atoms with E-state index in [0.29, 0.717) is 37.0 Å². The van der Waals surface area contributed by atoms with Crippen molar-refractivity contribution in [2.75, 3.05) is 39.3 Å². The fraction of sp³-hybridized carbons (Fsp3) is 0.588. The highest BCUT2D eigenvalue weighted by atomic mass is 35.5. The fourth-order valence-corrected chi connectivity index (χ4v) is 4.87. The lowest BCUT2D eigenvalue weighted by Gasteiger charge is -2.37. The van der Waals surface area contributed by atoms with E-state index in [1.165, 1.54) is 8.61 Å². The van der Waals surface area contributed by atoms with E-state index in [-0.39, 0.29) is 24.0 Å². The van der Waals surface area contributed by atoms with Gasteiger partial charge in [0.1, 0.15) is 10.8 Å². The molecule has 0 bridgehead atoms. The topological polar surface area (TPSA) is 70.2 Å². The van der Waals surface area contributed by atoms with Crippen molar-refractivity contribution >= 4 is 39.3 Å². The fourth-order valence-electron chi connectivity index (χ4n) is 2.93. The predicted octanol–water partition coefficient (Wildman–Crippen LogP) is 2.49. The Labute approximate surface area is 170 Å². The Kier molecular flexibility index (Phi) is 7.76. The van der Waals surface area contributed by atoms with Gasteiger partial charge in [0, 0.05) is 39.3 Å². The molecule has 0 aliphatic carbocycles. The smallest absolute Gasteiger partial charge is 0.282 e. The molecule has 1 fully saturated rings. The second-order valence-corrected chi connectivity index (χ2v) is 8.84. The molecule has 1 unspecified atom stereocenters. The highest BCUT2D eigenvalue weighted by Crippen LogP contribution is 2.32. The van der Waals surface area contributed by atoms with E-state index in [4.69, 9.17) is 27.9 Å². The first-order valence-corrected chi connectivity index (χ1v) is 11.0. The molecule has 1 amide bonds. The lowest BCUT2D eigenvalue weighted by atomic mass is 10.2. The number of ether oxygens (including phenoxy) is 1. The molecule has 0 N–H and O–H groups in total. The second kappa shape index (κ2) is 9.43. The van der Waals surface area contributed by atoms with Crippen molar-refractivity contribution < 1.29 is 17.9 Å². The summed E-state index contributed by atoms with van der Waals surface area (Å²) in [5, 5.41) is 0.609. The molecule has 2 rings (SSSR count). The number of hydrogen-bond acceptors (Lipinski definition) is 4. The molecule has 27 heavy (non-hydrogen) atoms. The van der Waals surface area contributed by atoms with Crippen molar-refractivity contribution in [1.29, 1.82) is 0 Å². The van der Waals surface area contributed by atoms with Crippen molar-refractivity contribution in [1.82, 2.24) is 13.5 Å². The van der Waals surface area contributed by atoms with Crippen molar-refractivity contribution in [2.45, 2.75) is 26.9 Å². The summed E-state index contributed by atoms with van der Waals surface area (Å²) in [6, 6.07) is 4.98. The van der Waals surface area contributed by atoms with Gasteiger partial charge in [-0.05, 0) is 19.1 Å². The highest BCUT2D eigenvalue weighted by Gasteiger charge is 2.33. The van der Waals surface area contributed by atoms with Crippen LogP contribution < -0.4 is 4.74 Å². The SMILES string of the molecule is CCN(CC)S(=O)(=O)N1CCN(C(=O)C(C)Oc2cccc(Cl)c2Cl)CC1. The van der Waals surface area contributed by atoms with Gasteiger partial charge in [-0.25, -0.2) is 0 Å². The molecular formula is C17H25Cl2N3O4S. The molecule has 1 aliphatic rings. The minimum absolute atomic E-state index is 0.217. The summed E-state index contributed by atoms with van der Waals surface area (Å²) in [7, 11) is -3.49. The number of rotatable bonds is 7. The van der Waals surface area contributed by atoms with E-state index < -0.39 is 16.3 Å². The van der Waals surface area contributed by atoms with Crippen LogP contribution in [0.15, 0.2) is 18.2 Å². The first-order valence-electron chi connectivity index (χ1n) is 8.87. The number of nitrogens with zero attached hydrogens (tertiary/aromatic N) is 3. The predicted molar refractivity (Wildman–Crippen MR) is 107 cm³/mol. The first-order chi connectivity index (χ1) is 12.7. The number of benzene rings is 1. The number of halogens is 2. The van der Waals surface area contributed by atoms with Crippen LogP contribution in [-0.4, -0.2) is 73.2 Å². The molecule has 1 aromatic carbocycles. The van der Waals surface area contributed by atoms with E-state index in [1.807, 2.05) is 0 Å². The maximum atomic E-state index is 12.6. The first kappa shape index (κ1) is 22.2. The summed E-state index contributed by atoms with van der Waals surface area (Å²) in [6.07, 6.45) is -0.757. The lowest BCUT2D eigenvalue weighted by molar-refractivity contribution is -0.139. The summed E-state index contributed by atoms with van der Waals surface area (Å²) < 4.78 is 33.6. The molecule has 1 aromatic rings. The van der Waals surface area contributed by atoms with Crippen LogP contribution in [0.1, 0.15) is 20.8 Å². The van der Waals surface area contributed by atoms with E-state index in [9.17, 15) is 13.2 Å². The zero-order chi connectivity index (χ0) is 20.2. The van der Waals surface area contributed by atoms with Gasteiger partial charge in [0.05, 0.1) is 5.02 Å². The molecule has 0 radical (unpaired) electrons. The van der Waals surface area contributed by atoms with Gasteiger partial charge in [-0.3, -0.25) is 4.79 Å². The summed E-state index contributed by atoms with van der Waals surface area (Å²) in [4.78, 5) is 14.3. The number of hydrogen-bond donors (Lipinski definition) is 0. The van der Waals surface area contributed by atoms with Crippen molar-refractivity contribution in [2.24, 2.45) is 0 Å². The summed E-state index contributed by atoms with van der Waals surface area (Å²) in [5.41, 5.74) is 0. The molecule has 1 aliphatic heterocycles. The molecule has 0 aromatic heterocycles. The minimum atomic E-state index is -3.49. The van der Waals surface area contributed by atoms with Crippen LogP contribution in [0.25, 0.3) is 0 Å². The molecular weight excluding hydrogens is 413 g/mol. The van der Waals surface area contributed by atoms with E-state index in [0.717, 1.165) is 0 Å². The standard InChI is InChI=1S/C17H25Cl2N3O4S/c1-4-21(5-2)27(24,25)22-11-9-20(10-12-22)17(23)13(3)26-15-8-6-7-14(18)16(15)19/h6-8,13H,4-5,9-12H2,1-3H3. The summed E-state index contributed by atoms with van der Waals surface area (Å²) in [5.74, 6) is 0.124. The van der Waals surface area contributed by atoms with Crippen molar-refractivity contribution in [3.8, 4) is 5.75 Å². The third-order valence-electron chi connectivity index (χ3n) is 4.48. The van der Waals surface area contributed by atoms with Crippen LogP contribution in [0.5, 0.6) is 5.75 Å². The highest BCUT2D eigenvalue weighted by molar-refractivity contribution is 7.86. The quantitative estimate of drug-likeness (QED) is 0.656. The third kappa shape index (κ3) is 5.06. The van der Waals surface area contributed by atoms with E-state index in [1.54, 1.807) is 43.9 Å². The van der Waals surface area contributed by atoms with Gasteiger partial charge in [-0.2, -0.15) is 17.0 Å². The Hall–Kier alpha value is -1.06. The number of piperazine rings is 1. The Bertz CT molecular complexity index is 763. The van der Waals surface area contributed by atoms with Crippen LogP contribution in [0.3, 0.4) is 0 Å². The third-order valence-corrected chi connectivity index (χ3v) is 7.46. The lowest BCUT2D eigenvalue weighted by Crippen LogP contribution is -2.55. The normalized spacial score (nSPS) is 17.2. The van der Waals surface area contributed by atoms with Gasteiger partial charge in [0.15, 0.2) is 6.10 Å². The van der Waals surface area contributed by atoms with E-state index in [2.05, 4.69) is 0 Å². The van der Waals surface area contributed by atoms with Crippen molar-refractivity contribution in [3.63, 3.8) is 0 Å². The summed E-state index contributed by atoms with van der Waals surface area (Å²) in [6.45, 7) is 7.24. The van der Waals surface area contributed by atoms with Gasteiger partial charge >= 0.3 is 0 Å². The maximum Gasteiger partial charge on any atom is 0.282 e. The molecule has 1 heterocycles. The zero-order valence-corrected chi connectivity index (χ0v) is 18.0. The van der Waals surface area contributed by atoms with Gasteiger partial charge in [0.25, 0.3) is 16.1 Å². The summed E-state index contributed by atoms with van der Waals surface area (Å²) >= 11 is 12.1. The molecule has 0 spiro atoms. The largest absolute Gasteiger partial charge is 0.479 e. The Balaban J connectivity index is 1.97.